The summed E-state index contributed by atoms with van der Waals surface area (Å²) in [5.74, 6) is -0.333. The molecule has 1 saturated carbocycles. The summed E-state index contributed by atoms with van der Waals surface area (Å²) >= 11 is 0. The van der Waals surface area contributed by atoms with Gasteiger partial charge in [-0.05, 0) is 31.9 Å². The van der Waals surface area contributed by atoms with Crippen LogP contribution >= 0.6 is 0 Å². The Kier molecular flexibility index (Phi) is 7.80. The molecule has 1 saturated heterocycles. The van der Waals surface area contributed by atoms with Crippen molar-refractivity contribution < 1.29 is 23.8 Å². The third kappa shape index (κ3) is 5.80. The summed E-state index contributed by atoms with van der Waals surface area (Å²) in [5, 5.41) is 27.2. The second kappa shape index (κ2) is 11.2. The van der Waals surface area contributed by atoms with Crippen molar-refractivity contribution in [3.63, 3.8) is 0 Å². The average Bonchev–Trinajstić information content (AvgIpc) is 2.87. The number of pyridine rings is 2. The van der Waals surface area contributed by atoms with Crippen LogP contribution in [0.5, 0.6) is 0 Å². The predicted molar refractivity (Wildman–Crippen MR) is 130 cm³/mol. The minimum absolute atomic E-state index is 0.0245. The van der Waals surface area contributed by atoms with Gasteiger partial charge in [0.25, 0.3) is 0 Å². The Morgan fingerprint density at radius 1 is 1.19 bits per heavy atom. The molecule has 11 nitrogen and oxygen atoms in total. The molecule has 1 amide bonds. The fraction of sp³-hybridized carbons (Fsp3) is 0.458. The molecule has 2 aromatic heterocycles. The molecule has 0 bridgehead atoms. The van der Waals surface area contributed by atoms with Crippen LogP contribution in [0.3, 0.4) is 0 Å². The fourth-order valence-corrected chi connectivity index (χ4v) is 4.53. The number of ether oxygens (including phenoxy) is 1. The third-order valence-electron chi connectivity index (χ3n) is 6.31. The predicted octanol–water partition coefficient (Wildman–Crippen LogP) is 3.26. The number of hydrogen-bond acceptors (Lipinski definition) is 9. The van der Waals surface area contributed by atoms with E-state index in [9.17, 15) is 19.2 Å². The number of nitriles is 1. The topological polar surface area (TPSA) is 153 Å². The number of amides is 1. The number of anilines is 4. The van der Waals surface area contributed by atoms with E-state index in [2.05, 4.69) is 25.9 Å². The summed E-state index contributed by atoms with van der Waals surface area (Å²) in [4.78, 5) is 34.3. The number of carbonyl (C=O) groups excluding carboxylic acids is 1. The molecular formula is C24H28FN7O4. The Hall–Kier alpha value is -3.98. The van der Waals surface area contributed by atoms with Crippen LogP contribution in [0.4, 0.5) is 32.3 Å². The van der Waals surface area contributed by atoms with Gasteiger partial charge in [-0.2, -0.15) is 5.26 Å². The zero-order valence-electron chi connectivity index (χ0n) is 19.9. The number of hydrogen-bond donors (Lipinski definition) is 4. The SMILES string of the molecule is CC(=O)c1cc(Nc2nc(N[C@@H]3CCCC[C@@H]3NC(=O)O)c(F)cc2C#N)cnc1N1CCOCC1. The van der Waals surface area contributed by atoms with Crippen molar-refractivity contribution in [3.05, 3.63) is 35.3 Å². The van der Waals surface area contributed by atoms with Crippen molar-refractivity contribution >= 4 is 35.0 Å². The van der Waals surface area contributed by atoms with Gasteiger partial charge in [-0.3, -0.25) is 4.79 Å². The fourth-order valence-electron chi connectivity index (χ4n) is 4.53. The largest absolute Gasteiger partial charge is 0.465 e. The van der Waals surface area contributed by atoms with Crippen LogP contribution in [0, 0.1) is 17.1 Å². The van der Waals surface area contributed by atoms with Gasteiger partial charge in [0.1, 0.15) is 11.9 Å². The smallest absolute Gasteiger partial charge is 0.404 e. The number of halogens is 1. The minimum Gasteiger partial charge on any atom is -0.465 e. The van der Waals surface area contributed by atoms with E-state index >= 15 is 0 Å². The van der Waals surface area contributed by atoms with Gasteiger partial charge in [0.05, 0.1) is 42.3 Å². The average molecular weight is 498 g/mol. The molecule has 0 unspecified atom stereocenters. The van der Waals surface area contributed by atoms with E-state index in [1.165, 1.54) is 13.1 Å². The van der Waals surface area contributed by atoms with Crippen molar-refractivity contribution in [2.75, 3.05) is 41.8 Å². The van der Waals surface area contributed by atoms with Gasteiger partial charge in [0.15, 0.2) is 23.2 Å². The summed E-state index contributed by atoms with van der Waals surface area (Å²) in [6.45, 7) is 3.78. The highest BCUT2D eigenvalue weighted by Gasteiger charge is 2.28. The molecule has 190 valence electrons. The molecule has 2 aromatic rings. The van der Waals surface area contributed by atoms with Crippen LogP contribution < -0.4 is 20.9 Å². The van der Waals surface area contributed by atoms with Crippen LogP contribution in [-0.2, 0) is 4.74 Å². The first-order valence-corrected chi connectivity index (χ1v) is 11.8. The monoisotopic (exact) mass is 497 g/mol. The first-order valence-electron chi connectivity index (χ1n) is 11.8. The molecule has 2 aliphatic rings. The normalized spacial score (nSPS) is 19.8. The van der Waals surface area contributed by atoms with Gasteiger partial charge in [-0.15, -0.1) is 0 Å². The van der Waals surface area contributed by atoms with Gasteiger partial charge in [0, 0.05) is 19.1 Å². The van der Waals surface area contributed by atoms with Crippen molar-refractivity contribution in [2.24, 2.45) is 0 Å². The highest BCUT2D eigenvalue weighted by Crippen LogP contribution is 2.29. The van der Waals surface area contributed by atoms with Gasteiger partial charge in [0.2, 0.25) is 0 Å². The molecule has 36 heavy (non-hydrogen) atoms. The number of carbonyl (C=O) groups is 2. The van der Waals surface area contributed by atoms with Gasteiger partial charge >= 0.3 is 6.09 Å². The number of nitrogens with zero attached hydrogens (tertiary/aromatic N) is 4. The molecular weight excluding hydrogens is 469 g/mol. The standard InChI is InChI=1S/C24H28FN7O4/c1-14(33)17-11-16(13-27-23(17)32-6-8-36-9-7-32)28-21-15(12-26)10-18(25)22(31-21)29-19-4-2-3-5-20(19)30-24(34)35/h10-11,13,19-20,30H,2-9H2,1H3,(H,34,35)(H2,28,29,31)/t19-,20+/m1/s1. The van der Waals surface area contributed by atoms with E-state index in [4.69, 9.17) is 9.84 Å². The zero-order valence-corrected chi connectivity index (χ0v) is 19.9. The first-order chi connectivity index (χ1) is 17.4. The maximum Gasteiger partial charge on any atom is 0.404 e. The summed E-state index contributed by atoms with van der Waals surface area (Å²) in [6.07, 6.45) is 3.40. The van der Waals surface area contributed by atoms with Crippen LogP contribution in [-0.4, -0.2) is 65.3 Å². The molecule has 3 heterocycles. The minimum atomic E-state index is -1.14. The lowest BCUT2D eigenvalue weighted by atomic mass is 9.90. The number of aromatic nitrogens is 2. The summed E-state index contributed by atoms with van der Waals surface area (Å²) in [5.41, 5.74) is 0.802. The van der Waals surface area contributed by atoms with Crippen molar-refractivity contribution in [2.45, 2.75) is 44.7 Å². The zero-order chi connectivity index (χ0) is 25.7. The van der Waals surface area contributed by atoms with E-state index in [0.717, 1.165) is 18.9 Å². The molecule has 1 aliphatic heterocycles. The van der Waals surface area contributed by atoms with Crippen molar-refractivity contribution in [3.8, 4) is 6.07 Å². The Balaban J connectivity index is 1.60. The van der Waals surface area contributed by atoms with E-state index < -0.39 is 11.9 Å². The lowest BCUT2D eigenvalue weighted by molar-refractivity contribution is 0.101. The van der Waals surface area contributed by atoms with Crippen molar-refractivity contribution in [1.82, 2.24) is 15.3 Å². The van der Waals surface area contributed by atoms with E-state index in [-0.39, 0.29) is 35.1 Å². The Morgan fingerprint density at radius 3 is 2.58 bits per heavy atom. The molecule has 0 spiro atoms. The molecule has 4 rings (SSSR count). The van der Waals surface area contributed by atoms with Crippen molar-refractivity contribution in [1.29, 1.82) is 5.26 Å². The molecule has 0 aromatic carbocycles. The van der Waals surface area contributed by atoms with Crippen LogP contribution in [0.2, 0.25) is 0 Å². The number of nitrogens with one attached hydrogen (secondary N) is 3. The van der Waals surface area contributed by atoms with Crippen LogP contribution in [0.25, 0.3) is 0 Å². The Bertz CT molecular complexity index is 1180. The number of rotatable bonds is 7. The lowest BCUT2D eigenvalue weighted by Gasteiger charge is -2.32. The van der Waals surface area contributed by atoms with Gasteiger partial charge < -0.3 is 30.7 Å². The second-order valence-electron chi connectivity index (χ2n) is 8.79. The van der Waals surface area contributed by atoms with Gasteiger partial charge in [-0.25, -0.2) is 19.2 Å². The molecule has 1 aliphatic carbocycles. The van der Waals surface area contributed by atoms with E-state index in [1.54, 1.807) is 6.07 Å². The molecule has 2 fully saturated rings. The summed E-state index contributed by atoms with van der Waals surface area (Å²) < 4.78 is 20.2. The molecule has 0 radical (unpaired) electrons. The van der Waals surface area contributed by atoms with Gasteiger partial charge in [-0.1, -0.05) is 12.8 Å². The van der Waals surface area contributed by atoms with E-state index in [0.29, 0.717) is 56.2 Å². The van der Waals surface area contributed by atoms with Crippen LogP contribution in [0.15, 0.2) is 18.3 Å². The Morgan fingerprint density at radius 2 is 1.92 bits per heavy atom. The number of Topliss-reactive ketones (excluding diaryl/α,β-unsaturated/α-hetero) is 1. The summed E-state index contributed by atoms with van der Waals surface area (Å²) in [6, 6.07) is 3.89. The highest BCUT2D eigenvalue weighted by atomic mass is 19.1. The highest BCUT2D eigenvalue weighted by molar-refractivity contribution is 5.99. The van der Waals surface area contributed by atoms with Crippen LogP contribution in [0.1, 0.15) is 48.5 Å². The molecule has 4 N–H and O–H groups in total. The lowest BCUT2D eigenvalue weighted by Crippen LogP contribution is -2.48. The third-order valence-corrected chi connectivity index (χ3v) is 6.31. The maximum absolute atomic E-state index is 14.8. The molecule has 12 heteroatoms. The Labute approximate surface area is 207 Å². The second-order valence-corrected chi connectivity index (χ2v) is 8.79. The number of morpholine rings is 1. The number of ketones is 1. The summed E-state index contributed by atoms with van der Waals surface area (Å²) in [7, 11) is 0. The maximum atomic E-state index is 14.8. The quantitative estimate of drug-likeness (QED) is 0.419. The first kappa shape index (κ1) is 25.1. The van der Waals surface area contributed by atoms with E-state index in [1.807, 2.05) is 11.0 Å². The molecule has 2 atom stereocenters. The number of carboxylic acid groups (broad SMARTS) is 1.